The number of rotatable bonds is 5. The molecule has 0 bridgehead atoms. The smallest absolute Gasteiger partial charge is 0.311 e. The molecule has 0 amide bonds. The Labute approximate surface area is 204 Å². The second-order valence-corrected chi connectivity index (χ2v) is 10.2. The Morgan fingerprint density at radius 1 is 0.771 bits per heavy atom. The van der Waals surface area contributed by atoms with Gasteiger partial charge in [0.1, 0.15) is 17.2 Å². The largest absolute Gasteiger partial charge is 0.496 e. The zero-order valence-corrected chi connectivity index (χ0v) is 20.2. The van der Waals surface area contributed by atoms with Crippen LogP contribution in [0.15, 0.2) is 84.9 Å². The van der Waals surface area contributed by atoms with Crippen molar-refractivity contribution < 1.29 is 18.6 Å². The van der Waals surface area contributed by atoms with E-state index in [1.807, 2.05) is 78.9 Å². The van der Waals surface area contributed by atoms with Crippen molar-refractivity contribution in [2.45, 2.75) is 0 Å². The Morgan fingerprint density at radius 3 is 2.20 bits per heavy atom. The van der Waals surface area contributed by atoms with Gasteiger partial charge in [-0.1, -0.05) is 66.7 Å². The van der Waals surface area contributed by atoms with Crippen molar-refractivity contribution in [2.75, 3.05) is 14.2 Å². The third-order valence-electron chi connectivity index (χ3n) is 6.00. The molecule has 0 spiro atoms. The molecule has 1 aliphatic heterocycles. The summed E-state index contributed by atoms with van der Waals surface area (Å²) in [5, 5.41) is 10.4. The first-order valence-electron chi connectivity index (χ1n) is 11.0. The summed E-state index contributed by atoms with van der Waals surface area (Å²) in [6, 6.07) is 28.2. The monoisotopic (exact) mass is 479 g/mol. The van der Waals surface area contributed by atoms with Gasteiger partial charge in [-0.05, 0) is 41.5 Å². The number of methoxy groups -OCH3 is 2. The molecule has 0 radical (unpaired) electrons. The van der Waals surface area contributed by atoms with Crippen LogP contribution in [-0.4, -0.2) is 14.2 Å². The van der Waals surface area contributed by atoms with Crippen LogP contribution in [0.5, 0.6) is 17.2 Å². The lowest BCUT2D eigenvalue weighted by atomic mass is 10.0. The van der Waals surface area contributed by atoms with Crippen molar-refractivity contribution in [1.29, 1.82) is 5.26 Å². The fourth-order valence-electron chi connectivity index (χ4n) is 4.28. The lowest BCUT2D eigenvalue weighted by molar-refractivity contribution is 0.403. The summed E-state index contributed by atoms with van der Waals surface area (Å²) in [5.74, 6) is 1.51. The number of ether oxygens (including phenoxy) is 2. The van der Waals surface area contributed by atoms with Gasteiger partial charge in [-0.3, -0.25) is 4.57 Å². The van der Waals surface area contributed by atoms with Gasteiger partial charge in [-0.2, -0.15) is 5.26 Å². The SMILES string of the molecule is COc1cc(P2(=O)Oc3ccccc3-c3ccccc32)c(OC)cc1C=Cc1ccccc1C#N. The Hall–Kier alpha value is -4.26. The van der Waals surface area contributed by atoms with Crippen LogP contribution in [0.25, 0.3) is 23.3 Å². The zero-order chi connectivity index (χ0) is 24.4. The first kappa shape index (κ1) is 22.5. The summed E-state index contributed by atoms with van der Waals surface area (Å²) in [5.41, 5.74) is 3.85. The van der Waals surface area contributed by atoms with E-state index in [0.29, 0.717) is 33.4 Å². The van der Waals surface area contributed by atoms with Crippen LogP contribution in [0.3, 0.4) is 0 Å². The van der Waals surface area contributed by atoms with E-state index in [9.17, 15) is 9.83 Å². The Bertz CT molecular complexity index is 1550. The first-order valence-corrected chi connectivity index (χ1v) is 12.6. The fourth-order valence-corrected chi connectivity index (χ4v) is 6.70. The molecule has 0 saturated carbocycles. The summed E-state index contributed by atoms with van der Waals surface area (Å²) in [4.78, 5) is 0. The van der Waals surface area contributed by atoms with Crippen molar-refractivity contribution in [2.24, 2.45) is 0 Å². The second kappa shape index (κ2) is 9.18. The van der Waals surface area contributed by atoms with E-state index in [1.165, 1.54) is 0 Å². The molecule has 35 heavy (non-hydrogen) atoms. The van der Waals surface area contributed by atoms with Gasteiger partial charge in [0, 0.05) is 11.1 Å². The molecule has 6 heteroatoms. The molecule has 1 aliphatic rings. The van der Waals surface area contributed by atoms with Gasteiger partial charge in [0.25, 0.3) is 0 Å². The van der Waals surface area contributed by atoms with Gasteiger partial charge in [0.05, 0.1) is 36.5 Å². The van der Waals surface area contributed by atoms with Crippen molar-refractivity contribution in [3.63, 3.8) is 0 Å². The molecule has 0 saturated heterocycles. The molecule has 0 aliphatic carbocycles. The third-order valence-corrected chi connectivity index (χ3v) is 8.46. The summed E-state index contributed by atoms with van der Waals surface area (Å²) in [6.07, 6.45) is 3.70. The predicted octanol–water partition coefficient (Wildman–Crippen LogP) is 6.03. The molecule has 1 unspecified atom stereocenters. The van der Waals surface area contributed by atoms with Crippen molar-refractivity contribution in [3.8, 4) is 34.4 Å². The minimum atomic E-state index is -3.56. The molecule has 1 atom stereocenters. The van der Waals surface area contributed by atoms with Gasteiger partial charge in [0.2, 0.25) is 0 Å². The first-order chi connectivity index (χ1) is 17.1. The molecular weight excluding hydrogens is 457 g/mol. The van der Waals surface area contributed by atoms with E-state index in [-0.39, 0.29) is 0 Å². The fraction of sp³-hybridized carbons (Fsp3) is 0.0690. The Morgan fingerprint density at radius 2 is 1.43 bits per heavy atom. The predicted molar refractivity (Wildman–Crippen MR) is 139 cm³/mol. The Balaban J connectivity index is 1.66. The average Bonchev–Trinajstić information content (AvgIpc) is 2.91. The molecule has 172 valence electrons. The molecule has 0 aromatic heterocycles. The van der Waals surface area contributed by atoms with Crippen LogP contribution in [0, 0.1) is 11.3 Å². The highest BCUT2D eigenvalue weighted by molar-refractivity contribution is 7.75. The van der Waals surface area contributed by atoms with E-state index >= 15 is 0 Å². The van der Waals surface area contributed by atoms with Crippen molar-refractivity contribution in [1.82, 2.24) is 0 Å². The normalized spacial score (nSPS) is 16.0. The topological polar surface area (TPSA) is 68.6 Å². The standard InChI is InChI=1S/C29H22NO4P/c1-32-26-18-29(27(33-2)17-21(26)16-15-20-9-3-4-10-22(20)19-30)35(31)28-14-8-6-12-24(28)23-11-5-7-13-25(23)34-35/h3-18H,1-2H3. The quantitative estimate of drug-likeness (QED) is 0.258. The van der Waals surface area contributed by atoms with Crippen LogP contribution in [-0.2, 0) is 4.57 Å². The second-order valence-electron chi connectivity index (χ2n) is 7.95. The highest BCUT2D eigenvalue weighted by atomic mass is 31.2. The minimum Gasteiger partial charge on any atom is -0.496 e. The molecule has 5 nitrogen and oxygen atoms in total. The number of hydrogen-bond acceptors (Lipinski definition) is 5. The van der Waals surface area contributed by atoms with E-state index in [1.54, 1.807) is 32.4 Å². The molecule has 4 aromatic rings. The lowest BCUT2D eigenvalue weighted by Crippen LogP contribution is -2.26. The number of nitrogens with zero attached hydrogens (tertiary/aromatic N) is 1. The summed E-state index contributed by atoms with van der Waals surface area (Å²) in [6.45, 7) is 0. The highest BCUT2D eigenvalue weighted by Crippen LogP contribution is 2.55. The van der Waals surface area contributed by atoms with Gasteiger partial charge >= 0.3 is 7.37 Å². The molecule has 5 rings (SSSR count). The maximum atomic E-state index is 14.6. The summed E-state index contributed by atoms with van der Waals surface area (Å²) in [7, 11) is -0.460. The van der Waals surface area contributed by atoms with Gasteiger partial charge < -0.3 is 14.0 Å². The number of benzene rings is 4. The maximum Gasteiger partial charge on any atom is 0.311 e. The molecule has 0 N–H and O–H groups in total. The van der Waals surface area contributed by atoms with Crippen LogP contribution in [0.4, 0.5) is 0 Å². The molecular formula is C29H22NO4P. The van der Waals surface area contributed by atoms with Gasteiger partial charge in [-0.25, -0.2) is 0 Å². The van der Waals surface area contributed by atoms with Crippen molar-refractivity contribution >= 4 is 30.1 Å². The van der Waals surface area contributed by atoms with E-state index in [2.05, 4.69) is 6.07 Å². The molecule has 1 heterocycles. The minimum absolute atomic E-state index is 0.424. The summed E-state index contributed by atoms with van der Waals surface area (Å²) >= 11 is 0. The number of hydrogen-bond donors (Lipinski definition) is 0. The lowest BCUT2D eigenvalue weighted by Gasteiger charge is -2.30. The Kier molecular flexibility index (Phi) is 5.91. The van der Waals surface area contributed by atoms with Crippen molar-refractivity contribution in [3.05, 3.63) is 102 Å². The zero-order valence-electron chi connectivity index (χ0n) is 19.3. The van der Waals surface area contributed by atoms with E-state index in [0.717, 1.165) is 22.3 Å². The number of nitriles is 1. The third kappa shape index (κ3) is 3.89. The van der Waals surface area contributed by atoms with Crippen LogP contribution in [0.2, 0.25) is 0 Å². The highest BCUT2D eigenvalue weighted by Gasteiger charge is 2.40. The molecule has 4 aromatic carbocycles. The van der Waals surface area contributed by atoms with Gasteiger partial charge in [0.15, 0.2) is 0 Å². The van der Waals surface area contributed by atoms with Crippen LogP contribution < -0.4 is 24.6 Å². The maximum absolute atomic E-state index is 14.6. The average molecular weight is 479 g/mol. The van der Waals surface area contributed by atoms with Crippen LogP contribution >= 0.6 is 7.37 Å². The van der Waals surface area contributed by atoms with E-state index in [4.69, 9.17) is 14.0 Å². The summed E-state index contributed by atoms with van der Waals surface area (Å²) < 4.78 is 32.3. The number of fused-ring (bicyclic) bond motifs is 3. The van der Waals surface area contributed by atoms with Crippen LogP contribution in [0.1, 0.15) is 16.7 Å². The van der Waals surface area contributed by atoms with E-state index < -0.39 is 7.37 Å². The number of para-hydroxylation sites is 1. The van der Waals surface area contributed by atoms with Gasteiger partial charge in [-0.15, -0.1) is 0 Å². The molecule has 0 fully saturated rings.